The molecule has 0 atom stereocenters. The number of anilines is 3. The molecule has 2 rings (SSSR count). The van der Waals surface area contributed by atoms with Crippen molar-refractivity contribution >= 4 is 33.9 Å². The molecule has 0 fully saturated rings. The second kappa shape index (κ2) is 6.13. The van der Waals surface area contributed by atoms with E-state index < -0.39 is 0 Å². The number of carbonyl (C=O) groups excluding carboxylic acids is 1. The molecular weight excluding hydrogens is 284 g/mol. The van der Waals surface area contributed by atoms with E-state index in [0.717, 1.165) is 16.4 Å². The summed E-state index contributed by atoms with van der Waals surface area (Å²) in [7, 11) is 3.76. The van der Waals surface area contributed by atoms with Crippen molar-refractivity contribution in [2.75, 3.05) is 36.2 Å². The second-order valence-corrected chi connectivity index (χ2v) is 5.92. The van der Waals surface area contributed by atoms with Gasteiger partial charge in [0.15, 0.2) is 5.13 Å². The Bertz CT molecular complexity index is 651. The highest BCUT2D eigenvalue weighted by Crippen LogP contribution is 2.30. The Kier molecular flexibility index (Phi) is 4.47. The molecule has 0 aliphatic carbocycles. The van der Waals surface area contributed by atoms with E-state index in [2.05, 4.69) is 4.98 Å². The number of amides is 1. The maximum atomic E-state index is 12.8. The molecule has 0 spiro atoms. The second-order valence-electron chi connectivity index (χ2n) is 4.94. The van der Waals surface area contributed by atoms with E-state index in [0.29, 0.717) is 17.2 Å². The Morgan fingerprint density at radius 2 is 2.00 bits per heavy atom. The third-order valence-corrected chi connectivity index (χ3v) is 4.41. The zero-order valence-corrected chi connectivity index (χ0v) is 13.6. The summed E-state index contributed by atoms with van der Waals surface area (Å²) in [6.45, 7) is 4.53. The van der Waals surface area contributed by atoms with Gasteiger partial charge >= 0.3 is 0 Å². The number of hydrogen-bond acceptors (Lipinski definition) is 5. The SMILES string of the molecule is CCN(C(=O)c1sc(N(C)C)nc1N)c1ccccc1C. The summed E-state index contributed by atoms with van der Waals surface area (Å²) in [6, 6.07) is 7.83. The average Bonchev–Trinajstić information content (AvgIpc) is 2.84. The van der Waals surface area contributed by atoms with Crippen molar-refractivity contribution in [1.82, 2.24) is 4.98 Å². The Labute approximate surface area is 129 Å². The van der Waals surface area contributed by atoms with E-state index in [4.69, 9.17) is 5.73 Å². The summed E-state index contributed by atoms with van der Waals surface area (Å²) in [6.07, 6.45) is 0. The van der Waals surface area contributed by atoms with Gasteiger partial charge in [-0.15, -0.1) is 0 Å². The van der Waals surface area contributed by atoms with Crippen molar-refractivity contribution < 1.29 is 4.79 Å². The lowest BCUT2D eigenvalue weighted by Crippen LogP contribution is -2.31. The van der Waals surface area contributed by atoms with Crippen LogP contribution in [0.4, 0.5) is 16.6 Å². The molecule has 0 aliphatic rings. The fourth-order valence-electron chi connectivity index (χ4n) is 2.08. The summed E-state index contributed by atoms with van der Waals surface area (Å²) in [5, 5.41) is 0.733. The van der Waals surface area contributed by atoms with Crippen molar-refractivity contribution in [2.24, 2.45) is 0 Å². The molecular formula is C15H20N4OS. The van der Waals surface area contributed by atoms with E-state index >= 15 is 0 Å². The number of benzene rings is 1. The normalized spacial score (nSPS) is 10.5. The summed E-state index contributed by atoms with van der Waals surface area (Å²) in [4.78, 5) is 21.1. The van der Waals surface area contributed by atoms with Crippen LogP contribution in [0.5, 0.6) is 0 Å². The number of nitrogens with zero attached hydrogens (tertiary/aromatic N) is 3. The number of nitrogen functional groups attached to an aromatic ring is 1. The average molecular weight is 304 g/mol. The van der Waals surface area contributed by atoms with Crippen molar-refractivity contribution in [3.8, 4) is 0 Å². The van der Waals surface area contributed by atoms with Crippen LogP contribution in [0.3, 0.4) is 0 Å². The van der Waals surface area contributed by atoms with Gasteiger partial charge in [0.2, 0.25) is 0 Å². The Morgan fingerprint density at radius 3 is 2.52 bits per heavy atom. The Balaban J connectivity index is 2.40. The molecule has 0 aliphatic heterocycles. The Hall–Kier alpha value is -2.08. The van der Waals surface area contributed by atoms with Crippen LogP contribution in [0.2, 0.25) is 0 Å². The van der Waals surface area contributed by atoms with Gasteiger partial charge in [0.05, 0.1) is 0 Å². The Morgan fingerprint density at radius 1 is 1.33 bits per heavy atom. The van der Waals surface area contributed by atoms with E-state index in [1.807, 2.05) is 57.1 Å². The quantitative estimate of drug-likeness (QED) is 0.943. The molecule has 112 valence electrons. The van der Waals surface area contributed by atoms with Crippen molar-refractivity contribution in [1.29, 1.82) is 0 Å². The maximum Gasteiger partial charge on any atom is 0.272 e. The van der Waals surface area contributed by atoms with Crippen LogP contribution in [0, 0.1) is 6.92 Å². The van der Waals surface area contributed by atoms with Crippen LogP contribution in [0.25, 0.3) is 0 Å². The number of thiazole rings is 1. The van der Waals surface area contributed by atoms with Crippen LogP contribution >= 0.6 is 11.3 Å². The number of hydrogen-bond donors (Lipinski definition) is 1. The smallest absolute Gasteiger partial charge is 0.272 e. The molecule has 2 aromatic rings. The zero-order valence-electron chi connectivity index (χ0n) is 12.8. The molecule has 1 amide bonds. The molecule has 21 heavy (non-hydrogen) atoms. The zero-order chi connectivity index (χ0) is 15.6. The lowest BCUT2D eigenvalue weighted by atomic mass is 10.1. The van der Waals surface area contributed by atoms with Crippen molar-refractivity contribution in [3.05, 3.63) is 34.7 Å². The largest absolute Gasteiger partial charge is 0.382 e. The van der Waals surface area contributed by atoms with Crippen LogP contribution in [-0.2, 0) is 0 Å². The van der Waals surface area contributed by atoms with Crippen molar-refractivity contribution in [3.63, 3.8) is 0 Å². The summed E-state index contributed by atoms with van der Waals surface area (Å²) >= 11 is 1.32. The first-order valence-electron chi connectivity index (χ1n) is 6.76. The molecule has 0 bridgehead atoms. The first kappa shape index (κ1) is 15.3. The van der Waals surface area contributed by atoms with Crippen molar-refractivity contribution in [2.45, 2.75) is 13.8 Å². The molecule has 0 saturated carbocycles. The van der Waals surface area contributed by atoms with Gasteiger partial charge in [-0.1, -0.05) is 29.5 Å². The van der Waals surface area contributed by atoms with Gasteiger partial charge in [0, 0.05) is 26.3 Å². The summed E-state index contributed by atoms with van der Waals surface area (Å²) in [5.41, 5.74) is 7.88. The monoisotopic (exact) mass is 304 g/mol. The molecule has 6 heteroatoms. The summed E-state index contributed by atoms with van der Waals surface area (Å²) < 4.78 is 0. The molecule has 0 saturated heterocycles. The van der Waals surface area contributed by atoms with Gasteiger partial charge in [-0.25, -0.2) is 4.98 Å². The number of aromatic nitrogens is 1. The van der Waals surface area contributed by atoms with Gasteiger partial charge < -0.3 is 15.5 Å². The standard InChI is InChI=1S/C15H20N4OS/c1-5-19(11-9-7-6-8-10(11)2)14(20)12-13(16)17-15(21-12)18(3)4/h6-9H,5,16H2,1-4H3. The topological polar surface area (TPSA) is 62.5 Å². The third kappa shape index (κ3) is 3.00. The van der Waals surface area contributed by atoms with Gasteiger partial charge in [-0.2, -0.15) is 0 Å². The minimum absolute atomic E-state index is 0.102. The molecule has 0 radical (unpaired) electrons. The number of para-hydroxylation sites is 1. The van der Waals surface area contributed by atoms with Gasteiger partial charge in [-0.3, -0.25) is 4.79 Å². The lowest BCUT2D eigenvalue weighted by Gasteiger charge is -2.22. The number of aryl methyl sites for hydroxylation is 1. The third-order valence-electron chi connectivity index (χ3n) is 3.19. The van der Waals surface area contributed by atoms with Crippen LogP contribution in [-0.4, -0.2) is 31.5 Å². The first-order chi connectivity index (χ1) is 9.95. The van der Waals surface area contributed by atoms with Gasteiger partial charge in [-0.05, 0) is 25.5 Å². The van der Waals surface area contributed by atoms with Crippen LogP contribution < -0.4 is 15.5 Å². The van der Waals surface area contributed by atoms with E-state index in [1.54, 1.807) is 4.90 Å². The molecule has 1 heterocycles. The lowest BCUT2D eigenvalue weighted by molar-refractivity contribution is 0.0992. The van der Waals surface area contributed by atoms with Gasteiger partial charge in [0.25, 0.3) is 5.91 Å². The molecule has 1 aromatic carbocycles. The molecule has 2 N–H and O–H groups in total. The number of carbonyl (C=O) groups is 1. The van der Waals surface area contributed by atoms with E-state index in [9.17, 15) is 4.79 Å². The fraction of sp³-hybridized carbons (Fsp3) is 0.333. The minimum atomic E-state index is -0.102. The molecule has 5 nitrogen and oxygen atoms in total. The number of nitrogens with two attached hydrogens (primary N) is 1. The van der Waals surface area contributed by atoms with Crippen LogP contribution in [0.1, 0.15) is 22.2 Å². The van der Waals surface area contributed by atoms with E-state index in [-0.39, 0.29) is 5.91 Å². The highest BCUT2D eigenvalue weighted by molar-refractivity contribution is 7.18. The number of rotatable bonds is 4. The highest BCUT2D eigenvalue weighted by Gasteiger charge is 2.23. The van der Waals surface area contributed by atoms with Gasteiger partial charge in [0.1, 0.15) is 10.7 Å². The predicted molar refractivity (Wildman–Crippen MR) is 89.4 cm³/mol. The predicted octanol–water partition coefficient (Wildman–Crippen LogP) is 2.77. The van der Waals surface area contributed by atoms with Crippen LogP contribution in [0.15, 0.2) is 24.3 Å². The molecule has 0 unspecified atom stereocenters. The van der Waals surface area contributed by atoms with E-state index in [1.165, 1.54) is 11.3 Å². The highest BCUT2D eigenvalue weighted by atomic mass is 32.1. The maximum absolute atomic E-state index is 12.8. The fourth-order valence-corrected chi connectivity index (χ4v) is 2.93. The molecule has 1 aromatic heterocycles. The first-order valence-corrected chi connectivity index (χ1v) is 7.58. The summed E-state index contributed by atoms with van der Waals surface area (Å²) in [5.74, 6) is 0.190. The minimum Gasteiger partial charge on any atom is -0.382 e.